The van der Waals surface area contributed by atoms with Gasteiger partial charge in [0.1, 0.15) is 5.75 Å². The minimum Gasteiger partial charge on any atom is -0.505 e. The van der Waals surface area contributed by atoms with Gasteiger partial charge < -0.3 is 10.1 Å². The number of aromatic nitrogens is 1. The van der Waals surface area contributed by atoms with Crippen molar-refractivity contribution in [1.82, 2.24) is 4.98 Å². The lowest BCUT2D eigenvalue weighted by molar-refractivity contribution is 0.455. The molecule has 1 aliphatic rings. The molecule has 2 N–H and O–H groups in total. The number of rotatable bonds is 1. The number of fused-ring (bicyclic) bond motifs is 1. The summed E-state index contributed by atoms with van der Waals surface area (Å²) >= 11 is 0. The monoisotopic (exact) mass is 241 g/mol. The van der Waals surface area contributed by atoms with Crippen molar-refractivity contribution in [3.8, 4) is 5.75 Å². The number of para-hydroxylation sites is 1. The molecule has 1 saturated carbocycles. The average Bonchev–Trinajstić information content (AvgIpc) is 2.76. The van der Waals surface area contributed by atoms with Gasteiger partial charge >= 0.3 is 0 Å². The van der Waals surface area contributed by atoms with Crippen molar-refractivity contribution in [2.24, 2.45) is 0 Å². The van der Waals surface area contributed by atoms with Crippen LogP contribution in [0.25, 0.3) is 10.9 Å². The van der Waals surface area contributed by atoms with Crippen LogP contribution >= 0.6 is 0 Å². The highest BCUT2D eigenvalue weighted by atomic mass is 16.3. The van der Waals surface area contributed by atoms with E-state index in [0.29, 0.717) is 11.7 Å². The molecule has 1 heterocycles. The molecule has 1 unspecified atom stereocenters. The maximum absolute atomic E-state index is 10.4. The predicted molar refractivity (Wildman–Crippen MR) is 74.9 cm³/mol. The first kappa shape index (κ1) is 11.4. The number of aromatic hydroxyl groups is 1. The number of benzene rings is 1. The van der Waals surface area contributed by atoms with Crippen molar-refractivity contribution in [3.05, 3.63) is 41.6 Å². The highest BCUT2D eigenvalue weighted by molar-refractivity contribution is 5.87. The van der Waals surface area contributed by atoms with Crippen LogP contribution in [0.5, 0.6) is 5.75 Å². The normalized spacial score (nSPS) is 22.7. The second-order valence-electron chi connectivity index (χ2n) is 5.09. The van der Waals surface area contributed by atoms with Crippen molar-refractivity contribution in [3.63, 3.8) is 0 Å². The van der Waals surface area contributed by atoms with Crippen LogP contribution in [0.4, 0.5) is 0 Å². The summed E-state index contributed by atoms with van der Waals surface area (Å²) in [5.41, 5.74) is 3.50. The van der Waals surface area contributed by atoms with Gasteiger partial charge in [-0.1, -0.05) is 30.2 Å². The summed E-state index contributed by atoms with van der Waals surface area (Å²) in [5, 5.41) is 11.3. The third-order valence-corrected chi connectivity index (χ3v) is 4.08. The Morgan fingerprint density at radius 1 is 1.28 bits per heavy atom. The molecule has 1 aliphatic carbocycles. The van der Waals surface area contributed by atoms with Gasteiger partial charge in [-0.15, -0.1) is 0 Å². The molecule has 2 heteroatoms. The van der Waals surface area contributed by atoms with E-state index in [4.69, 9.17) is 0 Å². The number of aromatic amines is 1. The van der Waals surface area contributed by atoms with Crippen molar-refractivity contribution in [1.29, 1.82) is 0 Å². The zero-order valence-corrected chi connectivity index (χ0v) is 10.7. The van der Waals surface area contributed by atoms with Crippen molar-refractivity contribution >= 4 is 10.9 Å². The summed E-state index contributed by atoms with van der Waals surface area (Å²) in [6.45, 7) is 2.10. The lowest BCUT2D eigenvalue weighted by Gasteiger charge is -2.24. The minimum absolute atomic E-state index is 0.371. The molecular formula is C16H19NO. The SMILES string of the molecule is C/C=C1\CCCCC1c1[nH]c2ccccc2c1O. The molecule has 0 spiro atoms. The van der Waals surface area contributed by atoms with Crippen LogP contribution in [0.15, 0.2) is 35.9 Å². The fraction of sp³-hybridized carbons (Fsp3) is 0.375. The summed E-state index contributed by atoms with van der Waals surface area (Å²) in [6, 6.07) is 7.97. The number of allylic oxidation sites excluding steroid dienone is 2. The summed E-state index contributed by atoms with van der Waals surface area (Å²) in [6.07, 6.45) is 7.04. The average molecular weight is 241 g/mol. The maximum Gasteiger partial charge on any atom is 0.144 e. The van der Waals surface area contributed by atoms with Gasteiger partial charge in [-0.05, 0) is 38.3 Å². The van der Waals surface area contributed by atoms with Gasteiger partial charge in [0.2, 0.25) is 0 Å². The van der Waals surface area contributed by atoms with Gasteiger partial charge in [-0.2, -0.15) is 0 Å². The van der Waals surface area contributed by atoms with Gasteiger partial charge in [0.05, 0.1) is 5.69 Å². The molecule has 18 heavy (non-hydrogen) atoms. The highest BCUT2D eigenvalue weighted by Gasteiger charge is 2.25. The third-order valence-electron chi connectivity index (χ3n) is 4.08. The first-order valence-electron chi connectivity index (χ1n) is 6.76. The fourth-order valence-electron chi connectivity index (χ4n) is 3.11. The Hall–Kier alpha value is -1.70. The summed E-state index contributed by atoms with van der Waals surface area (Å²) in [7, 11) is 0. The Morgan fingerprint density at radius 2 is 2.11 bits per heavy atom. The lowest BCUT2D eigenvalue weighted by atomic mass is 9.82. The summed E-state index contributed by atoms with van der Waals surface area (Å²) in [4.78, 5) is 3.41. The largest absolute Gasteiger partial charge is 0.505 e. The van der Waals surface area contributed by atoms with Gasteiger partial charge in [0, 0.05) is 16.8 Å². The molecule has 2 nitrogen and oxygen atoms in total. The summed E-state index contributed by atoms with van der Waals surface area (Å²) < 4.78 is 0. The van der Waals surface area contributed by atoms with E-state index in [1.165, 1.54) is 18.4 Å². The van der Waals surface area contributed by atoms with E-state index < -0.39 is 0 Å². The van der Waals surface area contributed by atoms with Crippen LogP contribution in [-0.4, -0.2) is 10.1 Å². The van der Waals surface area contributed by atoms with E-state index in [1.807, 2.05) is 24.3 Å². The quantitative estimate of drug-likeness (QED) is 0.710. The fourth-order valence-corrected chi connectivity index (χ4v) is 3.11. The molecule has 1 aromatic carbocycles. The first-order valence-corrected chi connectivity index (χ1v) is 6.76. The van der Waals surface area contributed by atoms with Crippen LogP contribution in [0.2, 0.25) is 0 Å². The zero-order chi connectivity index (χ0) is 12.5. The van der Waals surface area contributed by atoms with Gasteiger partial charge in [-0.3, -0.25) is 0 Å². The molecule has 0 bridgehead atoms. The second-order valence-corrected chi connectivity index (χ2v) is 5.09. The van der Waals surface area contributed by atoms with Crippen LogP contribution in [0.3, 0.4) is 0 Å². The Kier molecular flexibility index (Phi) is 2.86. The second kappa shape index (κ2) is 4.52. The smallest absolute Gasteiger partial charge is 0.144 e. The van der Waals surface area contributed by atoms with Gasteiger partial charge in [-0.25, -0.2) is 0 Å². The molecule has 0 saturated heterocycles. The van der Waals surface area contributed by atoms with Crippen LogP contribution < -0.4 is 0 Å². The number of hydrogen-bond acceptors (Lipinski definition) is 1. The van der Waals surface area contributed by atoms with E-state index in [9.17, 15) is 5.11 Å². The Labute approximate surface area is 107 Å². The predicted octanol–water partition coefficient (Wildman–Crippen LogP) is 4.48. The van der Waals surface area contributed by atoms with Crippen molar-refractivity contribution in [2.75, 3.05) is 0 Å². The molecule has 1 fully saturated rings. The molecule has 2 aromatic rings. The van der Waals surface area contributed by atoms with E-state index in [1.54, 1.807) is 0 Å². The molecule has 0 radical (unpaired) electrons. The molecule has 1 aromatic heterocycles. The van der Waals surface area contributed by atoms with Crippen LogP contribution in [0, 0.1) is 0 Å². The van der Waals surface area contributed by atoms with Gasteiger partial charge in [0.15, 0.2) is 0 Å². The van der Waals surface area contributed by atoms with Crippen LogP contribution in [0.1, 0.15) is 44.2 Å². The molecule has 1 atom stereocenters. The molecule has 0 aliphatic heterocycles. The minimum atomic E-state index is 0.371. The zero-order valence-electron chi connectivity index (χ0n) is 10.7. The van der Waals surface area contributed by atoms with E-state index >= 15 is 0 Å². The van der Waals surface area contributed by atoms with Gasteiger partial charge in [0.25, 0.3) is 0 Å². The number of H-pyrrole nitrogens is 1. The third kappa shape index (κ3) is 1.72. The van der Waals surface area contributed by atoms with Crippen LogP contribution in [-0.2, 0) is 0 Å². The van der Waals surface area contributed by atoms with E-state index in [0.717, 1.165) is 29.4 Å². The highest BCUT2D eigenvalue weighted by Crippen LogP contribution is 2.42. The standard InChI is InChI=1S/C16H19NO/c1-2-11-7-3-4-8-12(11)15-16(18)13-9-5-6-10-14(13)17-15/h2,5-6,9-10,12,17-18H,3-4,7-8H2,1H3/b11-2+. The Balaban J connectivity index is 2.10. The molecular weight excluding hydrogens is 222 g/mol. The number of nitrogens with one attached hydrogen (secondary N) is 1. The lowest BCUT2D eigenvalue weighted by Crippen LogP contribution is -2.08. The molecule has 0 amide bonds. The van der Waals surface area contributed by atoms with Crippen molar-refractivity contribution in [2.45, 2.75) is 38.5 Å². The molecule has 94 valence electrons. The number of hydrogen-bond donors (Lipinski definition) is 2. The van der Waals surface area contributed by atoms with E-state index in [2.05, 4.69) is 18.0 Å². The topological polar surface area (TPSA) is 36.0 Å². The maximum atomic E-state index is 10.4. The van der Waals surface area contributed by atoms with Crippen molar-refractivity contribution < 1.29 is 5.11 Å². The van der Waals surface area contributed by atoms with E-state index in [-0.39, 0.29) is 0 Å². The Bertz CT molecular complexity index is 594. The summed E-state index contributed by atoms with van der Waals surface area (Å²) in [5.74, 6) is 0.813. The molecule has 3 rings (SSSR count). The first-order chi connectivity index (χ1) is 8.81. The Morgan fingerprint density at radius 3 is 2.89 bits per heavy atom.